The molecule has 136 valence electrons. The quantitative estimate of drug-likeness (QED) is 0.559. The van der Waals surface area contributed by atoms with E-state index >= 15 is 0 Å². The van der Waals surface area contributed by atoms with E-state index in [0.29, 0.717) is 0 Å². The van der Waals surface area contributed by atoms with Crippen molar-refractivity contribution in [3.05, 3.63) is 64.7 Å². The average molecular weight is 356 g/mol. The molecule has 2 aromatic carbocycles. The second-order valence-electron chi connectivity index (χ2n) is 5.44. The normalized spacial score (nSPS) is 10.1. The lowest BCUT2D eigenvalue weighted by Gasteiger charge is -2.14. The summed E-state index contributed by atoms with van der Waals surface area (Å²) in [5.41, 5.74) is 0.821. The number of esters is 2. The number of methoxy groups -OCH3 is 1. The van der Waals surface area contributed by atoms with Crippen molar-refractivity contribution in [2.45, 2.75) is 20.5 Å². The van der Waals surface area contributed by atoms with Gasteiger partial charge in [-0.1, -0.05) is 30.3 Å². The zero-order chi connectivity index (χ0) is 19.1. The fourth-order valence-electron chi connectivity index (χ4n) is 2.46. The number of hydrogen-bond acceptors (Lipinski definition) is 6. The predicted octanol–water partition coefficient (Wildman–Crippen LogP) is 3.43. The molecule has 0 aromatic heterocycles. The molecule has 6 nitrogen and oxygen atoms in total. The number of ether oxygens (including phenoxy) is 3. The summed E-state index contributed by atoms with van der Waals surface area (Å²) in [6, 6.07) is 12.2. The molecule has 0 aliphatic carbocycles. The minimum atomic E-state index is -0.731. The summed E-state index contributed by atoms with van der Waals surface area (Å²) in [5, 5.41) is 0. The van der Waals surface area contributed by atoms with Gasteiger partial charge in [-0.15, -0.1) is 0 Å². The minimum absolute atomic E-state index is 0.0229. The maximum absolute atomic E-state index is 12.3. The van der Waals surface area contributed by atoms with Crippen LogP contribution in [0.1, 0.15) is 50.5 Å². The minimum Gasteiger partial charge on any atom is -0.489 e. The van der Waals surface area contributed by atoms with Crippen molar-refractivity contribution < 1.29 is 28.6 Å². The van der Waals surface area contributed by atoms with E-state index in [1.807, 2.05) is 30.3 Å². The Balaban J connectivity index is 2.48. The van der Waals surface area contributed by atoms with E-state index < -0.39 is 17.7 Å². The SMILES string of the molecule is CCOC(=O)c1cc(OCc2ccccc2)cc(C(=O)OC)c1C(C)=O. The predicted molar refractivity (Wildman–Crippen MR) is 94.5 cm³/mol. The van der Waals surface area contributed by atoms with Crippen LogP contribution in [0.4, 0.5) is 0 Å². The highest BCUT2D eigenvalue weighted by Gasteiger charge is 2.25. The molecule has 0 atom stereocenters. The molecule has 0 bridgehead atoms. The number of ketones is 1. The monoisotopic (exact) mass is 356 g/mol. The van der Waals surface area contributed by atoms with Gasteiger partial charge >= 0.3 is 11.9 Å². The van der Waals surface area contributed by atoms with Gasteiger partial charge in [0.25, 0.3) is 0 Å². The Morgan fingerprint density at radius 1 is 0.962 bits per heavy atom. The molecule has 0 aliphatic heterocycles. The van der Waals surface area contributed by atoms with Gasteiger partial charge in [-0.25, -0.2) is 9.59 Å². The van der Waals surface area contributed by atoms with Crippen LogP contribution in [-0.4, -0.2) is 31.4 Å². The summed E-state index contributed by atoms with van der Waals surface area (Å²) in [6.07, 6.45) is 0. The summed E-state index contributed by atoms with van der Waals surface area (Å²) >= 11 is 0. The third-order valence-corrected chi connectivity index (χ3v) is 3.61. The van der Waals surface area contributed by atoms with Crippen molar-refractivity contribution in [3.8, 4) is 5.75 Å². The van der Waals surface area contributed by atoms with E-state index in [2.05, 4.69) is 0 Å². The van der Waals surface area contributed by atoms with Crippen molar-refractivity contribution in [1.82, 2.24) is 0 Å². The molecule has 0 N–H and O–H groups in total. The molecule has 0 heterocycles. The zero-order valence-corrected chi connectivity index (χ0v) is 14.9. The molecule has 0 amide bonds. The van der Waals surface area contributed by atoms with Gasteiger partial charge in [-0.3, -0.25) is 4.79 Å². The van der Waals surface area contributed by atoms with Crippen molar-refractivity contribution in [3.63, 3.8) is 0 Å². The summed E-state index contributed by atoms with van der Waals surface area (Å²) in [6.45, 7) is 3.30. The first-order valence-corrected chi connectivity index (χ1v) is 8.09. The van der Waals surface area contributed by atoms with Crippen molar-refractivity contribution >= 4 is 17.7 Å². The standard InChI is InChI=1S/C20H20O6/c1-4-25-20(23)17-11-15(26-12-14-8-6-5-7-9-14)10-16(19(22)24-3)18(17)13(2)21/h5-11H,4,12H2,1-3H3. The maximum atomic E-state index is 12.3. The van der Waals surface area contributed by atoms with Crippen LogP contribution in [0.5, 0.6) is 5.75 Å². The molecule has 2 aromatic rings. The van der Waals surface area contributed by atoms with Gasteiger partial charge in [0.05, 0.1) is 24.8 Å². The van der Waals surface area contributed by atoms with E-state index in [9.17, 15) is 14.4 Å². The first-order valence-electron chi connectivity index (χ1n) is 8.09. The van der Waals surface area contributed by atoms with Crippen LogP contribution in [0.25, 0.3) is 0 Å². The van der Waals surface area contributed by atoms with Crippen molar-refractivity contribution in [1.29, 1.82) is 0 Å². The van der Waals surface area contributed by atoms with Gasteiger partial charge in [-0.05, 0) is 31.5 Å². The third-order valence-electron chi connectivity index (χ3n) is 3.61. The van der Waals surface area contributed by atoms with Crippen molar-refractivity contribution in [2.24, 2.45) is 0 Å². The molecular weight excluding hydrogens is 336 g/mol. The average Bonchev–Trinajstić information content (AvgIpc) is 2.65. The van der Waals surface area contributed by atoms with Gasteiger partial charge in [0.15, 0.2) is 5.78 Å². The van der Waals surface area contributed by atoms with Crippen LogP contribution in [0.15, 0.2) is 42.5 Å². The van der Waals surface area contributed by atoms with E-state index in [1.54, 1.807) is 6.92 Å². The summed E-state index contributed by atoms with van der Waals surface area (Å²) in [7, 11) is 1.20. The van der Waals surface area contributed by atoms with Crippen LogP contribution in [0.3, 0.4) is 0 Å². The Morgan fingerprint density at radius 2 is 1.58 bits per heavy atom. The van der Waals surface area contributed by atoms with Gasteiger partial charge < -0.3 is 14.2 Å². The highest BCUT2D eigenvalue weighted by molar-refractivity contribution is 6.12. The Morgan fingerprint density at radius 3 is 2.12 bits per heavy atom. The molecule has 0 saturated heterocycles. The van der Waals surface area contributed by atoms with Crippen molar-refractivity contribution in [2.75, 3.05) is 13.7 Å². The van der Waals surface area contributed by atoms with Crippen LogP contribution in [0, 0.1) is 0 Å². The number of hydrogen-bond donors (Lipinski definition) is 0. The number of carbonyl (C=O) groups excluding carboxylic acids is 3. The second kappa shape index (κ2) is 8.80. The largest absolute Gasteiger partial charge is 0.489 e. The van der Waals surface area contributed by atoms with Gasteiger partial charge in [0, 0.05) is 5.56 Å². The van der Waals surface area contributed by atoms with Crippen LogP contribution < -0.4 is 4.74 Å². The highest BCUT2D eigenvalue weighted by atomic mass is 16.5. The molecular formula is C20H20O6. The van der Waals surface area contributed by atoms with E-state index in [1.165, 1.54) is 26.2 Å². The lowest BCUT2D eigenvalue weighted by molar-refractivity contribution is 0.0522. The lowest BCUT2D eigenvalue weighted by atomic mass is 9.97. The molecule has 0 fully saturated rings. The summed E-state index contributed by atoms with van der Waals surface area (Å²) < 4.78 is 15.5. The Labute approximate surface area is 151 Å². The van der Waals surface area contributed by atoms with Crippen LogP contribution in [-0.2, 0) is 16.1 Å². The summed E-state index contributed by atoms with van der Waals surface area (Å²) in [4.78, 5) is 36.4. The lowest BCUT2D eigenvalue weighted by Crippen LogP contribution is -2.17. The van der Waals surface area contributed by atoms with Crippen LogP contribution in [0.2, 0.25) is 0 Å². The Hall–Kier alpha value is -3.15. The fourth-order valence-corrected chi connectivity index (χ4v) is 2.46. The number of Topliss-reactive ketones (excluding diaryl/α,β-unsaturated/α-hetero) is 1. The smallest absolute Gasteiger partial charge is 0.339 e. The number of benzene rings is 2. The maximum Gasteiger partial charge on any atom is 0.339 e. The van der Waals surface area contributed by atoms with E-state index in [-0.39, 0.29) is 35.7 Å². The Bertz CT molecular complexity index is 811. The molecule has 0 aliphatic rings. The highest BCUT2D eigenvalue weighted by Crippen LogP contribution is 2.26. The molecule has 0 saturated carbocycles. The number of rotatable bonds is 7. The molecule has 0 radical (unpaired) electrons. The molecule has 0 spiro atoms. The summed E-state index contributed by atoms with van der Waals surface area (Å²) in [5.74, 6) is -1.61. The first-order chi connectivity index (χ1) is 12.5. The Kier molecular flexibility index (Phi) is 6.49. The number of carbonyl (C=O) groups is 3. The second-order valence-corrected chi connectivity index (χ2v) is 5.44. The fraction of sp³-hybridized carbons (Fsp3) is 0.250. The van der Waals surface area contributed by atoms with Crippen LogP contribution >= 0.6 is 0 Å². The third kappa shape index (κ3) is 4.47. The van der Waals surface area contributed by atoms with Gasteiger partial charge in [0.2, 0.25) is 0 Å². The van der Waals surface area contributed by atoms with E-state index in [4.69, 9.17) is 14.2 Å². The molecule has 26 heavy (non-hydrogen) atoms. The molecule has 2 rings (SSSR count). The first kappa shape index (κ1) is 19.2. The molecule has 0 unspecified atom stereocenters. The van der Waals surface area contributed by atoms with E-state index in [0.717, 1.165) is 5.56 Å². The molecule has 6 heteroatoms. The van der Waals surface area contributed by atoms with Gasteiger partial charge in [-0.2, -0.15) is 0 Å². The zero-order valence-electron chi connectivity index (χ0n) is 14.9. The van der Waals surface area contributed by atoms with Gasteiger partial charge in [0.1, 0.15) is 12.4 Å². The topological polar surface area (TPSA) is 78.9 Å².